The zero-order valence-corrected chi connectivity index (χ0v) is 22.8. The second-order valence-corrected chi connectivity index (χ2v) is 11.2. The maximum absolute atomic E-state index is 12.9. The highest BCUT2D eigenvalue weighted by Gasteiger charge is 2.31. The fourth-order valence-corrected chi connectivity index (χ4v) is 5.59. The van der Waals surface area contributed by atoms with E-state index in [0.29, 0.717) is 10.7 Å². The van der Waals surface area contributed by atoms with Crippen molar-refractivity contribution in [2.75, 3.05) is 5.32 Å². The number of fused-ring (bicyclic) bond motifs is 1. The Kier molecular flexibility index (Phi) is 7.83. The number of hydrogen-bond acceptors (Lipinski definition) is 9. The van der Waals surface area contributed by atoms with Crippen molar-refractivity contribution in [1.82, 2.24) is 15.2 Å². The van der Waals surface area contributed by atoms with Crippen LogP contribution in [0.15, 0.2) is 83.8 Å². The first kappa shape index (κ1) is 28.6. The lowest BCUT2D eigenvalue weighted by molar-refractivity contribution is -0.274. The number of ether oxygens (including phenoxy) is 1. The van der Waals surface area contributed by atoms with Crippen LogP contribution in [0.3, 0.4) is 0 Å². The smallest absolute Gasteiger partial charge is 0.406 e. The Morgan fingerprint density at radius 3 is 2.48 bits per heavy atom. The van der Waals surface area contributed by atoms with E-state index in [0.717, 1.165) is 46.5 Å². The van der Waals surface area contributed by atoms with Gasteiger partial charge in [-0.15, -0.1) is 23.4 Å². The van der Waals surface area contributed by atoms with E-state index in [1.807, 2.05) is 36.4 Å². The number of aromatic nitrogens is 3. The first-order chi connectivity index (χ1) is 20.0. The minimum atomic E-state index is -4.94. The van der Waals surface area contributed by atoms with E-state index in [1.54, 1.807) is 6.07 Å². The number of nitrogens with zero attached hydrogens (tertiary/aromatic N) is 3. The molecule has 0 aliphatic rings. The lowest BCUT2D eigenvalue weighted by atomic mass is 9.99. The van der Waals surface area contributed by atoms with Crippen molar-refractivity contribution < 1.29 is 35.3 Å². The van der Waals surface area contributed by atoms with Crippen molar-refractivity contribution >= 4 is 43.4 Å². The molecular weight excluding hydrogens is 595 g/mol. The Labute approximate surface area is 240 Å². The Morgan fingerprint density at radius 2 is 1.76 bits per heavy atom. The Morgan fingerprint density at radius 1 is 1.05 bits per heavy atom. The van der Waals surface area contributed by atoms with E-state index in [2.05, 4.69) is 25.2 Å². The van der Waals surface area contributed by atoms with Crippen LogP contribution in [0.25, 0.3) is 21.6 Å². The lowest BCUT2D eigenvalue weighted by Crippen LogP contribution is -2.23. The monoisotopic (exact) mass is 613 g/mol. The van der Waals surface area contributed by atoms with Gasteiger partial charge in [0.25, 0.3) is 0 Å². The van der Waals surface area contributed by atoms with Crippen molar-refractivity contribution in [2.45, 2.75) is 17.7 Å². The molecule has 0 saturated heterocycles. The predicted octanol–water partition coefficient (Wildman–Crippen LogP) is 5.67. The maximum Gasteiger partial charge on any atom is 0.573 e. The number of benzene rings is 3. The van der Waals surface area contributed by atoms with Gasteiger partial charge in [-0.25, -0.2) is 0 Å². The van der Waals surface area contributed by atoms with E-state index in [4.69, 9.17) is 4.18 Å². The van der Waals surface area contributed by atoms with Crippen molar-refractivity contribution in [3.05, 3.63) is 84.4 Å². The summed E-state index contributed by atoms with van der Waals surface area (Å²) in [6.45, 7) is 0. The molecule has 5 aromatic rings. The van der Waals surface area contributed by atoms with Crippen LogP contribution in [0.5, 0.6) is 11.5 Å². The molecule has 1 unspecified atom stereocenters. The normalized spacial score (nSPS) is 12.4. The third-order valence-electron chi connectivity index (χ3n) is 5.83. The van der Waals surface area contributed by atoms with Gasteiger partial charge in [-0.2, -0.15) is 13.7 Å². The second-order valence-electron chi connectivity index (χ2n) is 8.72. The summed E-state index contributed by atoms with van der Waals surface area (Å²) in [5.41, 5.74) is 1.85. The summed E-state index contributed by atoms with van der Waals surface area (Å²) < 4.78 is 71.8. The van der Waals surface area contributed by atoms with Crippen LogP contribution >= 0.6 is 11.3 Å². The summed E-state index contributed by atoms with van der Waals surface area (Å²) in [6, 6.07) is 20.8. The Balaban J connectivity index is 1.27. The van der Waals surface area contributed by atoms with Crippen LogP contribution in [0.4, 0.5) is 18.3 Å². The fraction of sp³-hybridized carbons (Fsp3) is 0.111. The standard InChI is InChI=1S/C27H18F3N5O5S2/c28-27(29,30)39-19-9-11-20(12-10-19)42(37,38)40-23-8-4-2-6-17(23)13-18(15-31)24(36)33-26-35-34-25(41-26)22-14-16-5-1-3-7-21(16)32-22/h1-12,14,18,32H,13H2,(H,33,35,36). The average molecular weight is 614 g/mol. The molecule has 214 valence electrons. The molecule has 3 aromatic carbocycles. The molecule has 0 bridgehead atoms. The molecule has 5 rings (SSSR count). The van der Waals surface area contributed by atoms with Crippen LogP contribution in [0.1, 0.15) is 5.56 Å². The summed E-state index contributed by atoms with van der Waals surface area (Å²) in [6.07, 6.45) is -5.14. The predicted molar refractivity (Wildman–Crippen MR) is 146 cm³/mol. The first-order valence-electron chi connectivity index (χ1n) is 12.0. The van der Waals surface area contributed by atoms with Crippen LogP contribution in [0, 0.1) is 17.2 Å². The number of nitrogens with one attached hydrogen (secondary N) is 2. The SMILES string of the molecule is N#CC(Cc1ccccc1OS(=O)(=O)c1ccc(OC(F)(F)F)cc1)C(=O)Nc1nnc(-c2cc3ccccc3[nH]2)s1. The molecule has 0 aliphatic carbocycles. The fourth-order valence-electron chi connectivity index (χ4n) is 3.91. The maximum atomic E-state index is 12.9. The summed E-state index contributed by atoms with van der Waals surface area (Å²) in [4.78, 5) is 15.7. The molecule has 42 heavy (non-hydrogen) atoms. The summed E-state index contributed by atoms with van der Waals surface area (Å²) >= 11 is 1.11. The summed E-state index contributed by atoms with van der Waals surface area (Å²) in [5, 5.41) is 22.0. The van der Waals surface area contributed by atoms with Crippen LogP contribution in [0.2, 0.25) is 0 Å². The van der Waals surface area contributed by atoms with E-state index in [9.17, 15) is 31.6 Å². The van der Waals surface area contributed by atoms with Crippen LogP contribution < -0.4 is 14.2 Å². The zero-order valence-electron chi connectivity index (χ0n) is 21.1. The number of hydrogen-bond donors (Lipinski definition) is 2. The van der Waals surface area contributed by atoms with Gasteiger partial charge in [0, 0.05) is 17.3 Å². The third-order valence-corrected chi connectivity index (χ3v) is 7.95. The number of halogens is 3. The number of para-hydroxylation sites is 2. The molecule has 0 aliphatic heterocycles. The Bertz CT molecular complexity index is 1860. The highest BCUT2D eigenvalue weighted by Crippen LogP contribution is 2.30. The van der Waals surface area contributed by atoms with E-state index in [-0.39, 0.29) is 22.9 Å². The highest BCUT2D eigenvalue weighted by molar-refractivity contribution is 7.87. The molecule has 2 aromatic heterocycles. The van der Waals surface area contributed by atoms with Gasteiger partial charge in [0.2, 0.25) is 11.0 Å². The molecule has 0 spiro atoms. The molecule has 2 heterocycles. The third kappa shape index (κ3) is 6.67. The van der Waals surface area contributed by atoms with Crippen LogP contribution in [-0.4, -0.2) is 35.9 Å². The largest absolute Gasteiger partial charge is 0.573 e. The minimum absolute atomic E-state index is 0.154. The molecule has 1 atom stereocenters. The van der Waals surface area contributed by atoms with Gasteiger partial charge in [-0.1, -0.05) is 47.7 Å². The number of rotatable bonds is 9. The van der Waals surface area contributed by atoms with Crippen molar-refractivity contribution in [2.24, 2.45) is 5.92 Å². The van der Waals surface area contributed by atoms with E-state index < -0.39 is 39.0 Å². The van der Waals surface area contributed by atoms with Crippen molar-refractivity contribution in [3.63, 3.8) is 0 Å². The lowest BCUT2D eigenvalue weighted by Gasteiger charge is -2.14. The summed E-state index contributed by atoms with van der Waals surface area (Å²) in [7, 11) is -4.48. The van der Waals surface area contributed by atoms with Gasteiger partial charge in [0.05, 0.1) is 11.8 Å². The van der Waals surface area contributed by atoms with Gasteiger partial charge < -0.3 is 13.9 Å². The topological polar surface area (TPSA) is 147 Å². The molecule has 1 amide bonds. The zero-order chi connectivity index (χ0) is 29.9. The average Bonchev–Trinajstić information content (AvgIpc) is 3.59. The number of carbonyl (C=O) groups excluding carboxylic acids is 1. The van der Waals surface area contributed by atoms with Gasteiger partial charge in [-0.3, -0.25) is 10.1 Å². The van der Waals surface area contributed by atoms with Gasteiger partial charge in [0.1, 0.15) is 22.3 Å². The van der Waals surface area contributed by atoms with Gasteiger partial charge in [0.15, 0.2) is 5.01 Å². The number of H-pyrrole nitrogens is 1. The van der Waals surface area contributed by atoms with E-state index in [1.165, 1.54) is 18.2 Å². The number of alkyl halides is 3. The number of amides is 1. The van der Waals surface area contributed by atoms with Crippen molar-refractivity contribution in [1.29, 1.82) is 5.26 Å². The number of aromatic amines is 1. The van der Waals surface area contributed by atoms with Gasteiger partial charge in [-0.05, 0) is 48.0 Å². The molecule has 0 radical (unpaired) electrons. The molecule has 15 heteroatoms. The number of anilines is 1. The van der Waals surface area contributed by atoms with Gasteiger partial charge >= 0.3 is 16.5 Å². The highest BCUT2D eigenvalue weighted by atomic mass is 32.2. The van der Waals surface area contributed by atoms with Crippen molar-refractivity contribution in [3.8, 4) is 28.3 Å². The first-order valence-corrected chi connectivity index (χ1v) is 14.2. The Hall–Kier alpha value is -4.94. The van der Waals surface area contributed by atoms with E-state index >= 15 is 0 Å². The quantitative estimate of drug-likeness (QED) is 0.202. The van der Waals surface area contributed by atoms with Crippen LogP contribution in [-0.2, 0) is 21.3 Å². The molecular formula is C27H18F3N5O5S2. The molecule has 0 fully saturated rings. The molecule has 10 nitrogen and oxygen atoms in total. The summed E-state index contributed by atoms with van der Waals surface area (Å²) in [5.74, 6) is -2.70. The second kappa shape index (κ2) is 11.5. The molecule has 2 N–H and O–H groups in total. The number of carbonyl (C=O) groups is 1. The minimum Gasteiger partial charge on any atom is -0.406 e. The number of nitriles is 1. The molecule has 0 saturated carbocycles.